The molecule has 0 bridgehead atoms. The van der Waals surface area contributed by atoms with Gasteiger partial charge < -0.3 is 10.1 Å². The molecule has 4 nitrogen and oxygen atoms in total. The predicted molar refractivity (Wildman–Crippen MR) is 64.8 cm³/mol. The fourth-order valence-electron chi connectivity index (χ4n) is 1.36. The normalized spacial score (nSPS) is 10.4. The molecule has 0 spiro atoms. The Labute approximate surface area is 107 Å². The fourth-order valence-corrected chi connectivity index (χ4v) is 2.00. The number of hydrogen-bond donors (Lipinski definition) is 1. The Morgan fingerprint density at radius 2 is 2.00 bits per heavy atom. The van der Waals surface area contributed by atoms with Gasteiger partial charge in [0, 0.05) is 36.3 Å². The van der Waals surface area contributed by atoms with E-state index in [9.17, 15) is 8.78 Å². The zero-order valence-corrected chi connectivity index (χ0v) is 10.4. The highest BCUT2D eigenvalue weighted by molar-refractivity contribution is 7.10. The van der Waals surface area contributed by atoms with E-state index >= 15 is 0 Å². The van der Waals surface area contributed by atoms with Crippen molar-refractivity contribution >= 4 is 16.5 Å². The maximum absolute atomic E-state index is 12.9. The number of aromatic nitrogens is 2. The molecule has 1 aromatic heterocycles. The first kappa shape index (κ1) is 12.7. The van der Waals surface area contributed by atoms with Crippen molar-refractivity contribution in [3.63, 3.8) is 0 Å². The van der Waals surface area contributed by atoms with Crippen LogP contribution in [-0.4, -0.2) is 16.1 Å². The third kappa shape index (κ3) is 3.13. The molecule has 1 N–H and O–H groups in total. The molecule has 0 aliphatic rings. The van der Waals surface area contributed by atoms with E-state index in [-0.39, 0.29) is 12.4 Å². The molecule has 1 heterocycles. The molecule has 0 amide bonds. The van der Waals surface area contributed by atoms with Crippen LogP contribution in [0.3, 0.4) is 0 Å². The van der Waals surface area contributed by atoms with E-state index in [1.807, 2.05) is 6.92 Å². The maximum atomic E-state index is 12.9. The number of hydrogen-bond acceptors (Lipinski definition) is 5. The summed E-state index contributed by atoms with van der Waals surface area (Å²) in [5, 5.41) is 7.77. The van der Waals surface area contributed by atoms with E-state index in [4.69, 9.17) is 4.74 Å². The lowest BCUT2D eigenvalue weighted by molar-refractivity contribution is 0.298. The summed E-state index contributed by atoms with van der Waals surface area (Å²) in [4.78, 5) is 0. The fraction of sp³-hybridized carbons (Fsp3) is 0.273. The van der Waals surface area contributed by atoms with Gasteiger partial charge in [-0.05, 0) is 6.92 Å². The molecule has 0 aliphatic carbocycles. The first-order valence-corrected chi connectivity index (χ1v) is 6.10. The van der Waals surface area contributed by atoms with Gasteiger partial charge in [0.15, 0.2) is 0 Å². The van der Waals surface area contributed by atoms with Crippen LogP contribution in [0.1, 0.15) is 12.6 Å². The smallest absolute Gasteiger partial charge is 0.136 e. The molecule has 0 atom stereocenters. The van der Waals surface area contributed by atoms with Gasteiger partial charge in [-0.1, -0.05) is 4.49 Å². The minimum absolute atomic E-state index is 0.113. The summed E-state index contributed by atoms with van der Waals surface area (Å²) in [5.41, 5.74) is 0.617. The van der Waals surface area contributed by atoms with Gasteiger partial charge in [-0.3, -0.25) is 0 Å². The van der Waals surface area contributed by atoms with Crippen molar-refractivity contribution < 1.29 is 13.5 Å². The van der Waals surface area contributed by atoms with Crippen LogP contribution in [0.5, 0.6) is 5.75 Å². The van der Waals surface area contributed by atoms with Crippen molar-refractivity contribution in [1.29, 1.82) is 0 Å². The largest absolute Gasteiger partial charge is 0.487 e. The van der Waals surface area contributed by atoms with E-state index in [1.165, 1.54) is 11.5 Å². The first-order valence-electron chi connectivity index (χ1n) is 5.33. The molecule has 2 aromatic rings. The Balaban J connectivity index is 2.04. The first-order chi connectivity index (χ1) is 8.69. The summed E-state index contributed by atoms with van der Waals surface area (Å²) in [6.45, 7) is 2.81. The van der Waals surface area contributed by atoms with Crippen LogP contribution in [0, 0.1) is 11.6 Å². The lowest BCUT2D eigenvalue weighted by Gasteiger charge is -2.06. The summed E-state index contributed by atoms with van der Waals surface area (Å²) in [6.07, 6.45) is 0. The van der Waals surface area contributed by atoms with Crippen molar-refractivity contribution in [1.82, 2.24) is 9.59 Å². The van der Waals surface area contributed by atoms with E-state index in [0.29, 0.717) is 5.69 Å². The Morgan fingerprint density at radius 3 is 2.67 bits per heavy atom. The molecular formula is C11H11F2N3OS. The van der Waals surface area contributed by atoms with Crippen molar-refractivity contribution in [2.45, 2.75) is 13.5 Å². The molecule has 0 fully saturated rings. The monoisotopic (exact) mass is 271 g/mol. The third-order valence-corrected chi connectivity index (χ3v) is 2.83. The summed E-state index contributed by atoms with van der Waals surface area (Å²) >= 11 is 1.22. The Hall–Kier alpha value is -1.76. The van der Waals surface area contributed by atoms with Gasteiger partial charge in [0.25, 0.3) is 0 Å². The molecule has 18 heavy (non-hydrogen) atoms. The van der Waals surface area contributed by atoms with Crippen molar-refractivity contribution in [3.8, 4) is 5.75 Å². The van der Waals surface area contributed by atoms with E-state index < -0.39 is 11.6 Å². The van der Waals surface area contributed by atoms with Crippen LogP contribution >= 0.6 is 11.5 Å². The number of anilines is 1. The molecule has 0 radical (unpaired) electrons. The zero-order valence-electron chi connectivity index (χ0n) is 9.61. The van der Waals surface area contributed by atoms with Crippen LogP contribution in [-0.2, 0) is 6.61 Å². The molecule has 0 saturated carbocycles. The molecule has 0 aliphatic heterocycles. The van der Waals surface area contributed by atoms with Crippen LogP contribution in [0.25, 0.3) is 0 Å². The summed E-state index contributed by atoms with van der Waals surface area (Å²) in [7, 11) is 0. The average Bonchev–Trinajstić information content (AvgIpc) is 2.73. The topological polar surface area (TPSA) is 47.0 Å². The van der Waals surface area contributed by atoms with Crippen molar-refractivity contribution in [2.75, 3.05) is 11.9 Å². The highest BCUT2D eigenvalue weighted by Crippen LogP contribution is 2.21. The second-order valence-corrected chi connectivity index (χ2v) is 4.23. The van der Waals surface area contributed by atoms with Gasteiger partial charge in [-0.25, -0.2) is 8.78 Å². The average molecular weight is 271 g/mol. The molecule has 7 heteroatoms. The molecule has 2 rings (SSSR count). The number of nitrogens with one attached hydrogen (secondary N) is 1. The Morgan fingerprint density at radius 1 is 1.28 bits per heavy atom. The Kier molecular flexibility index (Phi) is 4.03. The van der Waals surface area contributed by atoms with Gasteiger partial charge in [0.1, 0.15) is 34.7 Å². The number of nitrogens with zero attached hydrogens (tertiary/aromatic N) is 2. The highest BCUT2D eigenvalue weighted by Gasteiger charge is 2.08. The molecular weight excluding hydrogens is 260 g/mol. The maximum Gasteiger partial charge on any atom is 0.136 e. The number of rotatable bonds is 5. The molecule has 96 valence electrons. The quantitative estimate of drug-likeness (QED) is 0.908. The highest BCUT2D eigenvalue weighted by atomic mass is 32.1. The third-order valence-electron chi connectivity index (χ3n) is 2.10. The van der Waals surface area contributed by atoms with Crippen LogP contribution in [0.2, 0.25) is 0 Å². The van der Waals surface area contributed by atoms with E-state index in [1.54, 1.807) is 0 Å². The van der Waals surface area contributed by atoms with Gasteiger partial charge in [0.2, 0.25) is 0 Å². The lowest BCUT2D eigenvalue weighted by atomic mass is 10.3. The van der Waals surface area contributed by atoms with Crippen molar-refractivity contribution in [3.05, 3.63) is 35.5 Å². The standard InChI is InChI=1S/C11H11F2N3OS/c1-2-14-11-10(15-16-18-11)6-17-9-4-7(12)3-8(13)5-9/h3-5,14H,2,6H2,1H3. The summed E-state index contributed by atoms with van der Waals surface area (Å²) in [6, 6.07) is 3.03. The van der Waals surface area contributed by atoms with Gasteiger partial charge in [0.05, 0.1) is 0 Å². The summed E-state index contributed by atoms with van der Waals surface area (Å²) in [5.74, 6) is -1.22. The van der Waals surface area contributed by atoms with Crippen LogP contribution in [0.15, 0.2) is 18.2 Å². The van der Waals surface area contributed by atoms with E-state index in [0.717, 1.165) is 29.7 Å². The lowest BCUT2D eigenvalue weighted by Crippen LogP contribution is -2.02. The minimum atomic E-state index is -0.673. The van der Waals surface area contributed by atoms with Crippen LogP contribution < -0.4 is 10.1 Å². The molecule has 0 unspecified atom stereocenters. The number of benzene rings is 1. The summed E-state index contributed by atoms with van der Waals surface area (Å²) < 4.78 is 34.9. The zero-order chi connectivity index (χ0) is 13.0. The number of halogens is 2. The number of ether oxygens (including phenoxy) is 1. The SMILES string of the molecule is CCNc1snnc1COc1cc(F)cc(F)c1. The van der Waals surface area contributed by atoms with E-state index in [2.05, 4.69) is 14.9 Å². The molecule has 1 aromatic carbocycles. The van der Waals surface area contributed by atoms with Crippen LogP contribution in [0.4, 0.5) is 13.8 Å². The van der Waals surface area contributed by atoms with Crippen molar-refractivity contribution in [2.24, 2.45) is 0 Å². The second-order valence-electron chi connectivity index (χ2n) is 3.47. The molecule has 0 saturated heterocycles. The predicted octanol–water partition coefficient (Wildman–Crippen LogP) is 2.83. The van der Waals surface area contributed by atoms with Gasteiger partial charge in [-0.15, -0.1) is 5.10 Å². The minimum Gasteiger partial charge on any atom is -0.487 e. The van der Waals surface area contributed by atoms with Gasteiger partial charge in [-0.2, -0.15) is 0 Å². The van der Waals surface area contributed by atoms with Gasteiger partial charge >= 0.3 is 0 Å². The Bertz CT molecular complexity index is 513. The second kappa shape index (κ2) is 5.72.